The number of sulfonamides is 1. The average molecular weight is 311 g/mol. The number of nitrogens with zero attached hydrogens (tertiary/aromatic N) is 1. The van der Waals surface area contributed by atoms with Gasteiger partial charge in [-0.25, -0.2) is 13.1 Å². The molecule has 1 aliphatic rings. The molecule has 21 heavy (non-hydrogen) atoms. The highest BCUT2D eigenvalue weighted by atomic mass is 32.2. The molecule has 0 spiro atoms. The molecule has 0 aliphatic carbocycles. The molecule has 1 aromatic rings. The maximum Gasteiger partial charge on any atom is 0.242 e. The van der Waals surface area contributed by atoms with Crippen LogP contribution in [0.5, 0.6) is 0 Å². The van der Waals surface area contributed by atoms with Gasteiger partial charge in [0.05, 0.1) is 5.69 Å². The molecule has 0 radical (unpaired) electrons. The van der Waals surface area contributed by atoms with Gasteiger partial charge in [0.1, 0.15) is 4.90 Å². The van der Waals surface area contributed by atoms with E-state index >= 15 is 0 Å². The van der Waals surface area contributed by atoms with Gasteiger partial charge in [-0.15, -0.1) is 0 Å². The van der Waals surface area contributed by atoms with Gasteiger partial charge in [-0.05, 0) is 45.0 Å². The second-order valence-corrected chi connectivity index (χ2v) is 7.31. The van der Waals surface area contributed by atoms with Crippen molar-refractivity contribution in [2.75, 3.05) is 32.0 Å². The lowest BCUT2D eigenvalue weighted by molar-refractivity contribution is 0.215. The topological polar surface area (TPSA) is 61.4 Å². The first-order chi connectivity index (χ1) is 10.0. The molecule has 1 fully saturated rings. The summed E-state index contributed by atoms with van der Waals surface area (Å²) >= 11 is 0. The van der Waals surface area contributed by atoms with Crippen LogP contribution in [0.1, 0.15) is 26.2 Å². The Balaban J connectivity index is 2.02. The van der Waals surface area contributed by atoms with Crippen LogP contribution >= 0.6 is 0 Å². The second-order valence-electron chi connectivity index (χ2n) is 5.63. The van der Waals surface area contributed by atoms with E-state index < -0.39 is 10.0 Å². The van der Waals surface area contributed by atoms with Gasteiger partial charge in [0.25, 0.3) is 0 Å². The van der Waals surface area contributed by atoms with Gasteiger partial charge in [-0.1, -0.05) is 18.6 Å². The molecule has 0 amide bonds. The van der Waals surface area contributed by atoms with Gasteiger partial charge in [0.2, 0.25) is 10.0 Å². The minimum Gasteiger partial charge on any atom is -0.387 e. The Morgan fingerprint density at radius 2 is 1.86 bits per heavy atom. The number of para-hydroxylation sites is 1. The van der Waals surface area contributed by atoms with Crippen LogP contribution in [0.15, 0.2) is 29.2 Å². The van der Waals surface area contributed by atoms with Gasteiger partial charge in [-0.2, -0.15) is 0 Å². The molecular weight excluding hydrogens is 286 g/mol. The first kappa shape index (κ1) is 16.3. The van der Waals surface area contributed by atoms with E-state index in [4.69, 9.17) is 0 Å². The van der Waals surface area contributed by atoms with Crippen LogP contribution in [0.4, 0.5) is 5.69 Å². The zero-order chi connectivity index (χ0) is 15.3. The SMILES string of the molecule is CNc1ccccc1S(=O)(=O)NC(C)CN1CCCCC1. The summed E-state index contributed by atoms with van der Waals surface area (Å²) < 4.78 is 27.8. The van der Waals surface area contributed by atoms with E-state index in [1.807, 2.05) is 13.0 Å². The monoisotopic (exact) mass is 311 g/mol. The molecule has 1 heterocycles. The number of anilines is 1. The Morgan fingerprint density at radius 1 is 1.19 bits per heavy atom. The van der Waals surface area contributed by atoms with Crippen LogP contribution in [0.3, 0.4) is 0 Å². The van der Waals surface area contributed by atoms with Crippen molar-refractivity contribution in [2.45, 2.75) is 37.1 Å². The van der Waals surface area contributed by atoms with Crippen molar-refractivity contribution in [1.29, 1.82) is 0 Å². The van der Waals surface area contributed by atoms with Crippen LogP contribution in [-0.4, -0.2) is 46.0 Å². The van der Waals surface area contributed by atoms with Gasteiger partial charge in [0.15, 0.2) is 0 Å². The smallest absolute Gasteiger partial charge is 0.242 e. The molecule has 5 nitrogen and oxygen atoms in total. The standard InChI is InChI=1S/C15H25N3O2S/c1-13(12-18-10-6-3-7-11-18)17-21(19,20)15-9-5-4-8-14(15)16-2/h4-5,8-9,13,16-17H,3,6-7,10-12H2,1-2H3. The Labute approximate surface area is 127 Å². The average Bonchev–Trinajstić information content (AvgIpc) is 2.47. The number of hydrogen-bond acceptors (Lipinski definition) is 4. The first-order valence-electron chi connectivity index (χ1n) is 7.54. The van der Waals surface area contributed by atoms with Crippen molar-refractivity contribution in [1.82, 2.24) is 9.62 Å². The fraction of sp³-hybridized carbons (Fsp3) is 0.600. The third-order valence-electron chi connectivity index (χ3n) is 3.78. The van der Waals surface area contributed by atoms with E-state index in [0.717, 1.165) is 19.6 Å². The summed E-state index contributed by atoms with van der Waals surface area (Å²) in [5.41, 5.74) is 0.621. The number of rotatable bonds is 6. The van der Waals surface area contributed by atoms with Gasteiger partial charge in [0, 0.05) is 19.6 Å². The van der Waals surface area contributed by atoms with E-state index in [9.17, 15) is 8.42 Å². The summed E-state index contributed by atoms with van der Waals surface area (Å²) in [5, 5.41) is 2.93. The Morgan fingerprint density at radius 3 is 2.52 bits per heavy atom. The number of nitrogens with one attached hydrogen (secondary N) is 2. The molecule has 1 unspecified atom stereocenters. The molecule has 1 atom stereocenters. The predicted molar refractivity (Wildman–Crippen MR) is 86.1 cm³/mol. The lowest BCUT2D eigenvalue weighted by Crippen LogP contribution is -2.43. The quantitative estimate of drug-likeness (QED) is 0.842. The van der Waals surface area contributed by atoms with E-state index in [2.05, 4.69) is 14.9 Å². The highest BCUT2D eigenvalue weighted by Gasteiger charge is 2.22. The highest BCUT2D eigenvalue weighted by molar-refractivity contribution is 7.89. The summed E-state index contributed by atoms with van der Waals surface area (Å²) in [6, 6.07) is 6.86. The molecule has 0 aromatic heterocycles. The van der Waals surface area contributed by atoms with E-state index in [0.29, 0.717) is 10.6 Å². The molecule has 0 bridgehead atoms. The largest absolute Gasteiger partial charge is 0.387 e. The minimum atomic E-state index is -3.49. The fourth-order valence-electron chi connectivity index (χ4n) is 2.80. The third-order valence-corrected chi connectivity index (χ3v) is 5.43. The molecule has 1 aromatic carbocycles. The number of hydrogen-bond donors (Lipinski definition) is 2. The van der Waals surface area contributed by atoms with Gasteiger partial charge < -0.3 is 10.2 Å². The lowest BCUT2D eigenvalue weighted by Gasteiger charge is -2.29. The molecule has 1 saturated heterocycles. The Hall–Kier alpha value is -1.11. The van der Waals surface area contributed by atoms with E-state index in [-0.39, 0.29) is 6.04 Å². The predicted octanol–water partition coefficient (Wildman–Crippen LogP) is 1.88. The fourth-order valence-corrected chi connectivity index (χ4v) is 4.25. The summed E-state index contributed by atoms with van der Waals surface area (Å²) in [4.78, 5) is 2.64. The molecule has 118 valence electrons. The number of benzene rings is 1. The van der Waals surface area contributed by atoms with Crippen molar-refractivity contribution >= 4 is 15.7 Å². The lowest BCUT2D eigenvalue weighted by atomic mass is 10.1. The van der Waals surface area contributed by atoms with E-state index in [1.54, 1.807) is 25.2 Å². The molecule has 2 rings (SSSR count). The zero-order valence-electron chi connectivity index (χ0n) is 12.8. The highest BCUT2D eigenvalue weighted by Crippen LogP contribution is 2.20. The summed E-state index contributed by atoms with van der Waals surface area (Å²) in [7, 11) is -1.76. The molecule has 2 N–H and O–H groups in total. The molecule has 0 saturated carbocycles. The number of likely N-dealkylation sites (tertiary alicyclic amines) is 1. The molecular formula is C15H25N3O2S. The van der Waals surface area contributed by atoms with Crippen LogP contribution in [0.25, 0.3) is 0 Å². The normalized spacial score (nSPS) is 18.4. The summed E-state index contributed by atoms with van der Waals surface area (Å²) in [6.45, 7) is 4.83. The van der Waals surface area contributed by atoms with Crippen LogP contribution in [0.2, 0.25) is 0 Å². The first-order valence-corrected chi connectivity index (χ1v) is 9.03. The maximum absolute atomic E-state index is 12.5. The van der Waals surface area contributed by atoms with Crippen molar-refractivity contribution in [2.24, 2.45) is 0 Å². The maximum atomic E-state index is 12.5. The Kier molecular flexibility index (Phi) is 5.61. The van der Waals surface area contributed by atoms with E-state index in [1.165, 1.54) is 19.3 Å². The third kappa shape index (κ3) is 4.43. The van der Waals surface area contributed by atoms with Crippen LogP contribution in [0, 0.1) is 0 Å². The second kappa shape index (κ2) is 7.24. The van der Waals surface area contributed by atoms with Crippen LogP contribution in [-0.2, 0) is 10.0 Å². The van der Waals surface area contributed by atoms with Crippen molar-refractivity contribution in [3.63, 3.8) is 0 Å². The number of piperidine rings is 1. The summed E-state index contributed by atoms with van der Waals surface area (Å²) in [5.74, 6) is 0. The Bertz CT molecular complexity index is 554. The van der Waals surface area contributed by atoms with Crippen LogP contribution < -0.4 is 10.0 Å². The molecule has 6 heteroatoms. The van der Waals surface area contributed by atoms with Crippen molar-refractivity contribution < 1.29 is 8.42 Å². The van der Waals surface area contributed by atoms with Gasteiger partial charge in [-0.3, -0.25) is 0 Å². The van der Waals surface area contributed by atoms with Crippen molar-refractivity contribution in [3.8, 4) is 0 Å². The summed E-state index contributed by atoms with van der Waals surface area (Å²) in [6.07, 6.45) is 3.70. The van der Waals surface area contributed by atoms with Crippen molar-refractivity contribution in [3.05, 3.63) is 24.3 Å². The minimum absolute atomic E-state index is 0.0991. The zero-order valence-corrected chi connectivity index (χ0v) is 13.6. The van der Waals surface area contributed by atoms with Gasteiger partial charge >= 0.3 is 0 Å². The molecule has 1 aliphatic heterocycles.